The Bertz CT molecular complexity index is 1140. The van der Waals surface area contributed by atoms with Gasteiger partial charge in [0.05, 0.1) is 344 Å². The largest absolute Gasteiger partial charge is 0.394 e. The van der Waals surface area contributed by atoms with Crippen LogP contribution in [0, 0.1) is 0 Å². The van der Waals surface area contributed by atoms with Crippen molar-refractivity contribution in [2.75, 3.05) is 350 Å². The van der Waals surface area contributed by atoms with Crippen molar-refractivity contribution in [2.24, 2.45) is 0 Å². The first kappa shape index (κ1) is 89.9. The summed E-state index contributed by atoms with van der Waals surface area (Å²) in [5, 5.41) is 8.62. The van der Waals surface area contributed by atoms with Gasteiger partial charge in [-0.25, -0.2) is 0 Å². The molecule has 0 aliphatic heterocycles. The lowest BCUT2D eigenvalue weighted by atomic mass is 10.1. The minimum absolute atomic E-state index is 0.0178. The summed E-state index contributed by atoms with van der Waals surface area (Å²) in [6.45, 7) is 28.4. The zero-order valence-electron chi connectivity index (χ0n) is 56.6. The molecule has 0 amide bonds. The van der Waals surface area contributed by atoms with Crippen LogP contribution in [0.15, 0.2) is 0 Å². The Morgan fingerprint density at radius 2 is 0.220 bits per heavy atom. The van der Waals surface area contributed by atoms with Gasteiger partial charge in [0.2, 0.25) is 0 Å². The van der Waals surface area contributed by atoms with Crippen LogP contribution in [-0.2, 0) is 123 Å². The maximum Gasteiger partial charge on any atom is 0.0701 e. The second-order valence-corrected chi connectivity index (χ2v) is 19.8. The molecule has 1 N–H and O–H groups in total. The monoisotopic (exact) mass is 1330 g/mol. The summed E-state index contributed by atoms with van der Waals surface area (Å²) in [5.41, 5.74) is 0. The van der Waals surface area contributed by atoms with E-state index >= 15 is 0 Å². The summed E-state index contributed by atoms with van der Waals surface area (Å²) in [6, 6.07) is 0. The average Bonchev–Trinajstić information content (AvgIpc) is 3.56. The molecule has 0 radical (unpaired) electrons. The molecular formula is C64H130O27. The first-order valence-corrected chi connectivity index (χ1v) is 34.0. The highest BCUT2D eigenvalue weighted by Crippen LogP contribution is 2.10. The molecule has 0 saturated heterocycles. The van der Waals surface area contributed by atoms with Crippen molar-refractivity contribution in [1.29, 1.82) is 0 Å². The van der Waals surface area contributed by atoms with Gasteiger partial charge >= 0.3 is 0 Å². The predicted octanol–water partition coefficient (Wildman–Crippen LogP) is 4.33. The van der Waals surface area contributed by atoms with Gasteiger partial charge in [0.15, 0.2) is 0 Å². The van der Waals surface area contributed by atoms with Crippen LogP contribution in [0.5, 0.6) is 0 Å². The van der Waals surface area contributed by atoms with Crippen LogP contribution in [0.4, 0.5) is 0 Å². The van der Waals surface area contributed by atoms with Gasteiger partial charge in [0, 0.05) is 6.61 Å². The van der Waals surface area contributed by atoms with E-state index in [0.717, 1.165) is 13.0 Å². The average molecular weight is 1330 g/mol. The highest BCUT2D eigenvalue weighted by atomic mass is 16.6. The van der Waals surface area contributed by atoms with Crippen molar-refractivity contribution in [3.05, 3.63) is 0 Å². The van der Waals surface area contributed by atoms with E-state index < -0.39 is 0 Å². The first-order valence-electron chi connectivity index (χ1n) is 34.0. The van der Waals surface area contributed by atoms with Crippen molar-refractivity contribution >= 4 is 0 Å². The summed E-state index contributed by atoms with van der Waals surface area (Å²) in [7, 11) is 0. The summed E-state index contributed by atoms with van der Waals surface area (Å²) in [4.78, 5) is 0. The van der Waals surface area contributed by atoms with Crippen LogP contribution < -0.4 is 0 Å². The van der Waals surface area contributed by atoms with Crippen molar-refractivity contribution in [1.82, 2.24) is 0 Å². The maximum atomic E-state index is 8.62. The number of hydrogen-bond acceptors (Lipinski definition) is 27. The first-order chi connectivity index (χ1) is 45.4. The van der Waals surface area contributed by atoms with Crippen LogP contribution in [-0.4, -0.2) is 355 Å². The molecule has 27 nitrogen and oxygen atoms in total. The summed E-state index contributed by atoms with van der Waals surface area (Å²) >= 11 is 0. The molecular weight excluding hydrogens is 1200 g/mol. The van der Waals surface area contributed by atoms with Gasteiger partial charge in [-0.05, 0) is 6.42 Å². The number of hydrogen-bond donors (Lipinski definition) is 1. The van der Waals surface area contributed by atoms with Crippen LogP contribution in [0.1, 0.15) is 71.1 Å². The van der Waals surface area contributed by atoms with Gasteiger partial charge in [-0.1, -0.05) is 64.7 Å². The molecule has 0 saturated carbocycles. The molecule has 91 heavy (non-hydrogen) atoms. The van der Waals surface area contributed by atoms with Crippen LogP contribution in [0.2, 0.25) is 0 Å². The van der Waals surface area contributed by atoms with E-state index in [4.69, 9.17) is 128 Å². The third-order valence-corrected chi connectivity index (χ3v) is 12.2. The Morgan fingerprint density at radius 3 is 0.341 bits per heavy atom. The topological polar surface area (TPSA) is 260 Å². The molecule has 0 atom stereocenters. The van der Waals surface area contributed by atoms with Gasteiger partial charge in [-0.15, -0.1) is 0 Å². The minimum Gasteiger partial charge on any atom is -0.394 e. The Morgan fingerprint density at radius 1 is 0.121 bits per heavy atom. The van der Waals surface area contributed by atoms with Crippen molar-refractivity contribution in [3.8, 4) is 0 Å². The molecule has 548 valence electrons. The van der Waals surface area contributed by atoms with Crippen LogP contribution in [0.25, 0.3) is 0 Å². The number of rotatable bonds is 88. The van der Waals surface area contributed by atoms with Crippen LogP contribution in [0.3, 0.4) is 0 Å². The fraction of sp³-hybridized carbons (Fsp3) is 1.00. The van der Waals surface area contributed by atoms with E-state index in [1.54, 1.807) is 0 Å². The fourth-order valence-electron chi connectivity index (χ4n) is 7.36. The molecule has 0 unspecified atom stereocenters. The summed E-state index contributed by atoms with van der Waals surface area (Å²) < 4.78 is 143. The van der Waals surface area contributed by atoms with Crippen LogP contribution >= 0.6 is 0 Å². The van der Waals surface area contributed by atoms with E-state index in [1.165, 1.54) is 57.8 Å². The summed E-state index contributed by atoms with van der Waals surface area (Å²) in [6.07, 6.45) is 13.3. The van der Waals surface area contributed by atoms with E-state index in [9.17, 15) is 0 Å². The second kappa shape index (κ2) is 88.9. The lowest BCUT2D eigenvalue weighted by molar-refractivity contribution is -0.0322. The van der Waals surface area contributed by atoms with Gasteiger partial charge in [0.25, 0.3) is 0 Å². The number of unbranched alkanes of at least 4 members (excludes halogenated alkanes) is 9. The molecule has 0 aliphatic rings. The van der Waals surface area contributed by atoms with Crippen molar-refractivity contribution < 1.29 is 128 Å². The van der Waals surface area contributed by atoms with Gasteiger partial charge in [0.1, 0.15) is 0 Å². The molecule has 0 rings (SSSR count). The lowest BCUT2D eigenvalue weighted by Crippen LogP contribution is -2.16. The zero-order valence-corrected chi connectivity index (χ0v) is 56.6. The van der Waals surface area contributed by atoms with Gasteiger partial charge < -0.3 is 128 Å². The Labute approximate surface area is 547 Å². The molecule has 0 aromatic carbocycles. The molecule has 0 aromatic rings. The molecule has 0 fully saturated rings. The smallest absolute Gasteiger partial charge is 0.0701 e. The lowest BCUT2D eigenvalue weighted by Gasteiger charge is -2.09. The molecule has 0 aromatic heterocycles. The molecule has 0 heterocycles. The Balaban J connectivity index is 3.09. The van der Waals surface area contributed by atoms with E-state index in [1.807, 2.05) is 0 Å². The Kier molecular flexibility index (Phi) is 87.9. The molecule has 27 heteroatoms. The standard InChI is InChI=1S/C64H130O27/c1-2-3-4-5-6-7-8-9-10-11-13-66-15-17-68-19-21-70-23-25-72-27-29-74-31-33-76-35-37-78-39-41-80-43-45-82-47-49-84-51-53-86-55-57-88-59-61-90-63-64-91-62-60-89-58-56-87-54-52-85-50-48-83-46-44-81-42-40-79-38-36-77-34-32-75-30-28-73-26-24-71-22-20-69-18-16-67-14-12-65/h65H,2-64H2,1H3. The third kappa shape index (κ3) is 88.9. The van der Waals surface area contributed by atoms with Crippen molar-refractivity contribution in [3.63, 3.8) is 0 Å². The van der Waals surface area contributed by atoms with Crippen molar-refractivity contribution in [2.45, 2.75) is 71.1 Å². The highest BCUT2D eigenvalue weighted by Gasteiger charge is 2.02. The summed E-state index contributed by atoms with van der Waals surface area (Å²) in [5.74, 6) is 0. The molecule has 0 bridgehead atoms. The second-order valence-electron chi connectivity index (χ2n) is 19.8. The van der Waals surface area contributed by atoms with Gasteiger partial charge in [-0.2, -0.15) is 0 Å². The fourth-order valence-corrected chi connectivity index (χ4v) is 7.36. The number of ether oxygens (including phenoxy) is 26. The number of aliphatic hydroxyl groups excluding tert-OH is 1. The van der Waals surface area contributed by atoms with Gasteiger partial charge in [-0.3, -0.25) is 0 Å². The predicted molar refractivity (Wildman–Crippen MR) is 340 cm³/mol. The quantitative estimate of drug-likeness (QED) is 0.0831. The van der Waals surface area contributed by atoms with E-state index in [0.29, 0.717) is 337 Å². The zero-order chi connectivity index (χ0) is 64.9. The number of aliphatic hydroxyl groups is 1. The third-order valence-electron chi connectivity index (χ3n) is 12.2. The minimum atomic E-state index is 0.0178. The SMILES string of the molecule is CCCCCCCCCCCCOCCOCCOCCOCCOCCOCCOCCOCCOCCOCCOCCOCCOCCOCCOCCOCCOCCOCCOCCOCCOCCOCCOCCOCCOCCOCCO. The molecule has 0 spiro atoms. The van der Waals surface area contributed by atoms with E-state index in [2.05, 4.69) is 6.92 Å². The van der Waals surface area contributed by atoms with E-state index in [-0.39, 0.29) is 6.61 Å². The molecule has 0 aliphatic carbocycles. The normalized spacial score (nSPS) is 11.8. The maximum absolute atomic E-state index is 8.62. The Hall–Kier alpha value is -1.08. The highest BCUT2D eigenvalue weighted by molar-refractivity contribution is 4.49.